The lowest BCUT2D eigenvalue weighted by atomic mass is 10.2. The summed E-state index contributed by atoms with van der Waals surface area (Å²) in [7, 11) is 1.64. The van der Waals surface area contributed by atoms with Gasteiger partial charge in [-0.3, -0.25) is 4.98 Å². The van der Waals surface area contributed by atoms with E-state index >= 15 is 0 Å². The van der Waals surface area contributed by atoms with E-state index in [1.165, 1.54) is 0 Å². The Kier molecular flexibility index (Phi) is 2.07. The van der Waals surface area contributed by atoms with E-state index in [2.05, 4.69) is 4.98 Å². The number of fused-ring (bicyclic) bond motifs is 1. The van der Waals surface area contributed by atoms with E-state index in [0.29, 0.717) is 5.02 Å². The molecule has 0 unspecified atom stereocenters. The Labute approximate surface area is 81.1 Å². The number of methoxy groups -OCH3 is 1. The van der Waals surface area contributed by atoms with Gasteiger partial charge in [-0.25, -0.2) is 0 Å². The fourth-order valence-corrected chi connectivity index (χ4v) is 1.38. The molecule has 0 aliphatic rings. The van der Waals surface area contributed by atoms with Gasteiger partial charge in [-0.05, 0) is 24.3 Å². The Morgan fingerprint density at radius 1 is 1.31 bits per heavy atom. The predicted octanol–water partition coefficient (Wildman–Crippen LogP) is 2.90. The summed E-state index contributed by atoms with van der Waals surface area (Å²) in [6.45, 7) is 0. The van der Waals surface area contributed by atoms with Crippen molar-refractivity contribution in [1.29, 1.82) is 0 Å². The molecule has 0 saturated heterocycles. The van der Waals surface area contributed by atoms with Crippen LogP contribution < -0.4 is 4.74 Å². The Balaban J connectivity index is 2.68. The molecule has 0 radical (unpaired) electrons. The molecule has 1 aromatic carbocycles. The van der Waals surface area contributed by atoms with Gasteiger partial charge in [0.1, 0.15) is 5.75 Å². The van der Waals surface area contributed by atoms with E-state index in [1.54, 1.807) is 13.3 Å². The van der Waals surface area contributed by atoms with Gasteiger partial charge in [0.2, 0.25) is 0 Å². The summed E-state index contributed by atoms with van der Waals surface area (Å²) in [5.74, 6) is 0.816. The molecule has 2 nitrogen and oxygen atoms in total. The second kappa shape index (κ2) is 3.23. The first-order valence-electron chi connectivity index (χ1n) is 3.89. The number of hydrogen-bond donors (Lipinski definition) is 0. The summed E-state index contributed by atoms with van der Waals surface area (Å²) in [5, 5.41) is 1.63. The Morgan fingerprint density at radius 2 is 2.15 bits per heavy atom. The SMILES string of the molecule is COc1ccc2ncc(Cl)cc2c1. The molecule has 0 fully saturated rings. The number of pyridine rings is 1. The summed E-state index contributed by atoms with van der Waals surface area (Å²) in [4.78, 5) is 4.17. The lowest BCUT2D eigenvalue weighted by molar-refractivity contribution is 0.415. The van der Waals surface area contributed by atoms with Crippen molar-refractivity contribution in [3.8, 4) is 5.75 Å². The van der Waals surface area contributed by atoms with Gasteiger partial charge < -0.3 is 4.74 Å². The van der Waals surface area contributed by atoms with Crippen LogP contribution in [0.5, 0.6) is 5.75 Å². The molecule has 0 aliphatic heterocycles. The monoisotopic (exact) mass is 193 g/mol. The van der Waals surface area contributed by atoms with Crippen LogP contribution in [0.2, 0.25) is 5.02 Å². The molecule has 1 aromatic heterocycles. The Bertz CT molecular complexity index is 442. The van der Waals surface area contributed by atoms with Gasteiger partial charge in [0.05, 0.1) is 17.6 Å². The third-order valence-electron chi connectivity index (χ3n) is 1.86. The highest BCUT2D eigenvalue weighted by molar-refractivity contribution is 6.31. The van der Waals surface area contributed by atoms with Crippen LogP contribution in [0.15, 0.2) is 30.5 Å². The zero-order valence-electron chi connectivity index (χ0n) is 7.12. The van der Waals surface area contributed by atoms with E-state index in [-0.39, 0.29) is 0 Å². The molecule has 3 heteroatoms. The molecule has 0 bridgehead atoms. The maximum absolute atomic E-state index is 5.81. The molecule has 2 rings (SSSR count). The van der Waals surface area contributed by atoms with Crippen LogP contribution in [0.3, 0.4) is 0 Å². The molecule has 2 aromatic rings. The first-order chi connectivity index (χ1) is 6.29. The van der Waals surface area contributed by atoms with Crippen molar-refractivity contribution in [3.05, 3.63) is 35.5 Å². The number of rotatable bonds is 1. The number of hydrogen-bond acceptors (Lipinski definition) is 2. The minimum atomic E-state index is 0.640. The molecule has 0 N–H and O–H groups in total. The first kappa shape index (κ1) is 8.32. The summed E-state index contributed by atoms with van der Waals surface area (Å²) in [5.41, 5.74) is 0.921. The fourth-order valence-electron chi connectivity index (χ4n) is 1.21. The number of benzene rings is 1. The van der Waals surface area contributed by atoms with Gasteiger partial charge in [-0.2, -0.15) is 0 Å². The van der Waals surface area contributed by atoms with Crippen molar-refractivity contribution in [3.63, 3.8) is 0 Å². The lowest BCUT2D eigenvalue weighted by Crippen LogP contribution is -1.83. The maximum Gasteiger partial charge on any atom is 0.119 e. The largest absolute Gasteiger partial charge is 0.497 e. The number of nitrogens with zero attached hydrogens (tertiary/aromatic N) is 1. The zero-order chi connectivity index (χ0) is 9.26. The normalized spacial score (nSPS) is 10.3. The van der Waals surface area contributed by atoms with Gasteiger partial charge >= 0.3 is 0 Å². The highest BCUT2D eigenvalue weighted by Crippen LogP contribution is 2.21. The third-order valence-corrected chi connectivity index (χ3v) is 2.06. The van der Waals surface area contributed by atoms with Crippen molar-refractivity contribution in [2.45, 2.75) is 0 Å². The topological polar surface area (TPSA) is 22.1 Å². The van der Waals surface area contributed by atoms with Crippen LogP contribution in [-0.2, 0) is 0 Å². The number of halogens is 1. The van der Waals surface area contributed by atoms with E-state index in [9.17, 15) is 0 Å². The van der Waals surface area contributed by atoms with Gasteiger partial charge in [0.25, 0.3) is 0 Å². The van der Waals surface area contributed by atoms with Crippen LogP contribution in [0.4, 0.5) is 0 Å². The summed E-state index contributed by atoms with van der Waals surface area (Å²) >= 11 is 5.81. The van der Waals surface area contributed by atoms with E-state index in [0.717, 1.165) is 16.7 Å². The molecule has 0 aliphatic carbocycles. The maximum atomic E-state index is 5.81. The van der Waals surface area contributed by atoms with Gasteiger partial charge in [-0.15, -0.1) is 0 Å². The number of aromatic nitrogens is 1. The van der Waals surface area contributed by atoms with Crippen molar-refractivity contribution in [2.75, 3.05) is 7.11 Å². The molecule has 0 saturated carbocycles. The van der Waals surface area contributed by atoms with Crippen LogP contribution >= 0.6 is 11.6 Å². The fraction of sp³-hybridized carbons (Fsp3) is 0.100. The third kappa shape index (κ3) is 1.58. The number of ether oxygens (including phenoxy) is 1. The second-order valence-corrected chi connectivity index (χ2v) is 3.15. The van der Waals surface area contributed by atoms with Gasteiger partial charge in [-0.1, -0.05) is 11.6 Å². The van der Waals surface area contributed by atoms with E-state index in [1.807, 2.05) is 24.3 Å². The molecule has 66 valence electrons. The molecule has 0 spiro atoms. The molecule has 0 amide bonds. The Morgan fingerprint density at radius 3 is 2.92 bits per heavy atom. The minimum absolute atomic E-state index is 0.640. The highest BCUT2D eigenvalue weighted by atomic mass is 35.5. The van der Waals surface area contributed by atoms with Crippen molar-refractivity contribution in [2.24, 2.45) is 0 Å². The predicted molar refractivity (Wildman–Crippen MR) is 53.3 cm³/mol. The molecular formula is C10H8ClNO. The molecule has 0 atom stereocenters. The summed E-state index contributed by atoms with van der Waals surface area (Å²) in [6, 6.07) is 7.56. The zero-order valence-corrected chi connectivity index (χ0v) is 7.88. The highest BCUT2D eigenvalue weighted by Gasteiger charge is 1.97. The lowest BCUT2D eigenvalue weighted by Gasteiger charge is -2.01. The smallest absolute Gasteiger partial charge is 0.119 e. The van der Waals surface area contributed by atoms with Crippen LogP contribution in [0.25, 0.3) is 10.9 Å². The molecule has 13 heavy (non-hydrogen) atoms. The van der Waals surface area contributed by atoms with Crippen molar-refractivity contribution in [1.82, 2.24) is 4.98 Å². The summed E-state index contributed by atoms with van der Waals surface area (Å²) < 4.78 is 5.09. The standard InChI is InChI=1S/C10H8ClNO/c1-13-9-2-3-10-7(5-9)4-8(11)6-12-10/h2-6H,1H3. The average molecular weight is 194 g/mol. The van der Waals surface area contributed by atoms with E-state index in [4.69, 9.17) is 16.3 Å². The minimum Gasteiger partial charge on any atom is -0.497 e. The van der Waals surface area contributed by atoms with Crippen molar-refractivity contribution >= 4 is 22.5 Å². The average Bonchev–Trinajstić information content (AvgIpc) is 2.16. The van der Waals surface area contributed by atoms with Crippen LogP contribution in [-0.4, -0.2) is 12.1 Å². The van der Waals surface area contributed by atoms with Gasteiger partial charge in [0, 0.05) is 11.6 Å². The first-order valence-corrected chi connectivity index (χ1v) is 4.27. The van der Waals surface area contributed by atoms with Crippen LogP contribution in [0.1, 0.15) is 0 Å². The summed E-state index contributed by atoms with van der Waals surface area (Å²) in [6.07, 6.45) is 1.64. The Hall–Kier alpha value is -1.28. The second-order valence-electron chi connectivity index (χ2n) is 2.71. The van der Waals surface area contributed by atoms with Crippen molar-refractivity contribution < 1.29 is 4.74 Å². The quantitative estimate of drug-likeness (QED) is 0.695. The molecular weight excluding hydrogens is 186 g/mol. The van der Waals surface area contributed by atoms with Crippen LogP contribution in [0, 0.1) is 0 Å². The van der Waals surface area contributed by atoms with Gasteiger partial charge in [0.15, 0.2) is 0 Å². The van der Waals surface area contributed by atoms with E-state index < -0.39 is 0 Å². The molecule has 1 heterocycles.